The lowest BCUT2D eigenvalue weighted by molar-refractivity contribution is 0.410. The van der Waals surface area contributed by atoms with Crippen LogP contribution in [0.3, 0.4) is 0 Å². The average Bonchev–Trinajstić information content (AvgIpc) is 3.56. The van der Waals surface area contributed by atoms with Gasteiger partial charge in [0.25, 0.3) is 0 Å². The maximum absolute atomic E-state index is 6.10. The van der Waals surface area contributed by atoms with E-state index in [9.17, 15) is 0 Å². The fraction of sp³-hybridized carbons (Fsp3) is 0.577. The first-order valence-electron chi connectivity index (χ1n) is 13.0. The van der Waals surface area contributed by atoms with Gasteiger partial charge in [-0.05, 0) is 56.2 Å². The van der Waals surface area contributed by atoms with Gasteiger partial charge in [-0.1, -0.05) is 25.0 Å². The number of nitrogens with zero attached hydrogens (tertiary/aromatic N) is 4. The molecule has 188 valence electrons. The van der Waals surface area contributed by atoms with Crippen LogP contribution in [0.2, 0.25) is 0 Å². The zero-order valence-corrected chi connectivity index (χ0v) is 20.7. The van der Waals surface area contributed by atoms with Crippen molar-refractivity contribution in [1.29, 1.82) is 0 Å². The van der Waals surface area contributed by atoms with Gasteiger partial charge in [-0.15, -0.1) is 0 Å². The number of benzene rings is 1. The number of nitrogens with one attached hydrogen (secondary N) is 3. The molecule has 2 fully saturated rings. The van der Waals surface area contributed by atoms with Crippen LogP contribution in [0.25, 0.3) is 11.2 Å². The summed E-state index contributed by atoms with van der Waals surface area (Å²) in [5, 5.41) is 10.6. The van der Waals surface area contributed by atoms with E-state index in [1.807, 2.05) is 18.5 Å². The summed E-state index contributed by atoms with van der Waals surface area (Å²) < 4.78 is 7.49. The van der Waals surface area contributed by atoms with Crippen molar-refractivity contribution in [2.24, 2.45) is 5.73 Å². The second kappa shape index (κ2) is 11.2. The molecular weight excluding hydrogens is 440 g/mol. The van der Waals surface area contributed by atoms with Crippen LogP contribution in [-0.4, -0.2) is 51.8 Å². The minimum atomic E-state index is 0.322. The smallest absolute Gasteiger partial charge is 0.227 e. The van der Waals surface area contributed by atoms with Crippen molar-refractivity contribution in [2.75, 3.05) is 30.8 Å². The van der Waals surface area contributed by atoms with Gasteiger partial charge in [0.2, 0.25) is 5.95 Å². The van der Waals surface area contributed by atoms with Crippen molar-refractivity contribution in [1.82, 2.24) is 24.8 Å². The molecular formula is C26H38N8O. The molecule has 5 N–H and O–H groups in total. The second-order valence-electron chi connectivity index (χ2n) is 9.87. The van der Waals surface area contributed by atoms with E-state index < -0.39 is 0 Å². The molecule has 0 spiro atoms. The molecule has 2 heterocycles. The number of aromatic nitrogens is 4. The van der Waals surface area contributed by atoms with E-state index in [1.165, 1.54) is 31.2 Å². The van der Waals surface area contributed by atoms with E-state index in [0.717, 1.165) is 68.0 Å². The number of anilines is 2. The Labute approximate surface area is 207 Å². The van der Waals surface area contributed by atoms with Crippen LogP contribution >= 0.6 is 0 Å². The Bertz CT molecular complexity index is 1080. The molecule has 35 heavy (non-hydrogen) atoms. The molecule has 9 heteroatoms. The zero-order valence-electron chi connectivity index (χ0n) is 20.7. The molecule has 2 aliphatic rings. The molecule has 0 aliphatic heterocycles. The molecule has 1 aromatic carbocycles. The molecule has 9 nitrogen and oxygen atoms in total. The lowest BCUT2D eigenvalue weighted by Crippen LogP contribution is -2.33. The molecule has 3 aromatic rings. The Morgan fingerprint density at radius 1 is 1.00 bits per heavy atom. The molecule has 0 saturated heterocycles. The van der Waals surface area contributed by atoms with Crippen LogP contribution in [0.1, 0.15) is 63.0 Å². The van der Waals surface area contributed by atoms with Gasteiger partial charge in [0.05, 0.1) is 13.4 Å². The third-order valence-corrected chi connectivity index (χ3v) is 7.33. The first-order chi connectivity index (χ1) is 17.2. The fourth-order valence-electron chi connectivity index (χ4n) is 5.25. The number of hydrogen-bond acceptors (Lipinski definition) is 8. The van der Waals surface area contributed by atoms with Gasteiger partial charge in [-0.2, -0.15) is 9.97 Å². The van der Waals surface area contributed by atoms with E-state index in [1.54, 1.807) is 7.11 Å². The lowest BCUT2D eigenvalue weighted by Gasteiger charge is -2.27. The Balaban J connectivity index is 1.26. The number of hydrogen-bond donors (Lipinski definition) is 4. The molecule has 0 atom stereocenters. The van der Waals surface area contributed by atoms with Gasteiger partial charge in [0, 0.05) is 37.8 Å². The summed E-state index contributed by atoms with van der Waals surface area (Å²) in [4.78, 5) is 14.5. The van der Waals surface area contributed by atoms with Crippen molar-refractivity contribution in [2.45, 2.75) is 76.0 Å². The predicted molar refractivity (Wildman–Crippen MR) is 140 cm³/mol. The molecule has 0 unspecified atom stereocenters. The highest BCUT2D eigenvalue weighted by atomic mass is 16.5. The largest absolute Gasteiger partial charge is 0.497 e. The highest BCUT2D eigenvalue weighted by Crippen LogP contribution is 2.33. The third kappa shape index (κ3) is 5.85. The summed E-state index contributed by atoms with van der Waals surface area (Å²) >= 11 is 0. The lowest BCUT2D eigenvalue weighted by atomic mass is 9.92. The van der Waals surface area contributed by atoms with Crippen LogP contribution in [0.4, 0.5) is 11.8 Å². The van der Waals surface area contributed by atoms with Crippen LogP contribution in [0.15, 0.2) is 30.6 Å². The first kappa shape index (κ1) is 23.8. The molecule has 2 aromatic heterocycles. The van der Waals surface area contributed by atoms with E-state index in [4.69, 9.17) is 25.4 Å². The number of fused-ring (bicyclic) bond motifs is 1. The van der Waals surface area contributed by atoms with Crippen molar-refractivity contribution in [3.8, 4) is 5.75 Å². The zero-order chi connectivity index (χ0) is 24.0. The second-order valence-corrected chi connectivity index (χ2v) is 9.87. The minimum Gasteiger partial charge on any atom is -0.497 e. The minimum absolute atomic E-state index is 0.322. The Kier molecular flexibility index (Phi) is 7.63. The average molecular weight is 479 g/mol. The third-order valence-electron chi connectivity index (χ3n) is 7.33. The summed E-state index contributed by atoms with van der Waals surface area (Å²) in [6.07, 6.45) is 11.1. The van der Waals surface area contributed by atoms with Gasteiger partial charge in [0.1, 0.15) is 5.75 Å². The highest BCUT2D eigenvalue weighted by molar-refractivity contribution is 5.84. The molecule has 0 bridgehead atoms. The summed E-state index contributed by atoms with van der Waals surface area (Å²) in [6.45, 7) is 2.36. The van der Waals surface area contributed by atoms with E-state index in [0.29, 0.717) is 24.1 Å². The fourth-order valence-corrected chi connectivity index (χ4v) is 5.25. The standard InChI is InChI=1S/C26H38N8O/c1-35-22-12-6-18(7-13-22)16-28-14-15-29-24-23-25(34(17-30-23)21-4-2-3-5-21)33-26(32-24)31-20-10-8-19(27)9-11-20/h6-7,12-13,17,19-21,28H,2-5,8-11,14-16,27H2,1H3,(H2,29,31,32,33). The highest BCUT2D eigenvalue weighted by Gasteiger charge is 2.23. The van der Waals surface area contributed by atoms with Crippen molar-refractivity contribution < 1.29 is 4.74 Å². The summed E-state index contributed by atoms with van der Waals surface area (Å²) in [5.41, 5.74) is 9.10. The van der Waals surface area contributed by atoms with E-state index in [-0.39, 0.29) is 0 Å². The summed E-state index contributed by atoms with van der Waals surface area (Å²) in [7, 11) is 1.69. The van der Waals surface area contributed by atoms with Gasteiger partial charge in [0.15, 0.2) is 17.0 Å². The van der Waals surface area contributed by atoms with Crippen LogP contribution in [0.5, 0.6) is 5.75 Å². The molecule has 0 radical (unpaired) electrons. The Hall–Kier alpha value is -2.91. The Morgan fingerprint density at radius 3 is 2.51 bits per heavy atom. The van der Waals surface area contributed by atoms with E-state index >= 15 is 0 Å². The van der Waals surface area contributed by atoms with Gasteiger partial charge in [-0.25, -0.2) is 4.98 Å². The van der Waals surface area contributed by atoms with Crippen LogP contribution in [-0.2, 0) is 6.54 Å². The maximum atomic E-state index is 6.10. The topological polar surface area (TPSA) is 115 Å². The number of ether oxygens (including phenoxy) is 1. The monoisotopic (exact) mass is 478 g/mol. The molecule has 5 rings (SSSR count). The van der Waals surface area contributed by atoms with E-state index in [2.05, 4.69) is 32.7 Å². The molecule has 2 saturated carbocycles. The van der Waals surface area contributed by atoms with Gasteiger partial charge in [-0.3, -0.25) is 0 Å². The van der Waals surface area contributed by atoms with Crippen molar-refractivity contribution >= 4 is 22.9 Å². The SMILES string of the molecule is COc1ccc(CNCCNc2nc(NC3CCC(N)CC3)nc3c2ncn3C2CCCC2)cc1. The predicted octanol–water partition coefficient (Wildman–Crippen LogP) is 3.83. The quantitative estimate of drug-likeness (QED) is 0.325. The van der Waals surface area contributed by atoms with Crippen LogP contribution < -0.4 is 26.4 Å². The normalized spacial score (nSPS) is 20.9. The number of rotatable bonds is 10. The number of imidazole rings is 1. The Morgan fingerprint density at radius 2 is 1.77 bits per heavy atom. The summed E-state index contributed by atoms with van der Waals surface area (Å²) in [5.74, 6) is 2.36. The number of nitrogens with two attached hydrogens (primary N) is 1. The molecule has 0 amide bonds. The van der Waals surface area contributed by atoms with Crippen LogP contribution in [0, 0.1) is 0 Å². The van der Waals surface area contributed by atoms with Crippen molar-refractivity contribution in [3.05, 3.63) is 36.2 Å². The maximum Gasteiger partial charge on any atom is 0.227 e. The summed E-state index contributed by atoms with van der Waals surface area (Å²) in [6, 6.07) is 9.31. The first-order valence-corrected chi connectivity index (χ1v) is 13.0. The van der Waals surface area contributed by atoms with Gasteiger partial charge >= 0.3 is 0 Å². The number of methoxy groups -OCH3 is 1. The van der Waals surface area contributed by atoms with Crippen molar-refractivity contribution in [3.63, 3.8) is 0 Å². The van der Waals surface area contributed by atoms with Gasteiger partial charge < -0.3 is 31.0 Å². The molecule has 2 aliphatic carbocycles.